The Morgan fingerprint density at radius 3 is 2.63 bits per heavy atom. The zero-order valence-corrected chi connectivity index (χ0v) is 18.2. The van der Waals surface area contributed by atoms with Crippen LogP contribution in [-0.4, -0.2) is 34.6 Å². The fourth-order valence-corrected chi connectivity index (χ4v) is 4.67. The summed E-state index contributed by atoms with van der Waals surface area (Å²) in [5.41, 5.74) is 2.12. The molecule has 30 heavy (non-hydrogen) atoms. The van der Waals surface area contributed by atoms with Gasteiger partial charge in [-0.3, -0.25) is 9.52 Å². The van der Waals surface area contributed by atoms with Crippen molar-refractivity contribution in [2.45, 2.75) is 11.1 Å². The van der Waals surface area contributed by atoms with Gasteiger partial charge in [0.15, 0.2) is 0 Å². The molecule has 9 heteroatoms. The number of hydrogen-bond donors (Lipinski definition) is 2. The van der Waals surface area contributed by atoms with Crippen molar-refractivity contribution in [3.63, 3.8) is 0 Å². The summed E-state index contributed by atoms with van der Waals surface area (Å²) in [5.74, 6) is 0.155. The van der Waals surface area contributed by atoms with Crippen LogP contribution >= 0.6 is 11.3 Å². The van der Waals surface area contributed by atoms with Gasteiger partial charge in [-0.2, -0.15) is 0 Å². The minimum Gasteiger partial charge on any atom is -0.489 e. The number of amides is 1. The second-order valence-corrected chi connectivity index (χ2v) is 9.27. The first-order valence-electron chi connectivity index (χ1n) is 9.09. The fourth-order valence-electron chi connectivity index (χ4n) is 2.63. The van der Waals surface area contributed by atoms with Crippen molar-refractivity contribution >= 4 is 38.6 Å². The van der Waals surface area contributed by atoms with Gasteiger partial charge in [-0.1, -0.05) is 18.2 Å². The summed E-state index contributed by atoms with van der Waals surface area (Å²) in [7, 11) is -2.11. The highest BCUT2D eigenvalue weighted by molar-refractivity contribution is 7.94. The van der Waals surface area contributed by atoms with E-state index in [4.69, 9.17) is 9.47 Å². The maximum Gasteiger partial charge on any atom is 0.271 e. The van der Waals surface area contributed by atoms with E-state index in [-0.39, 0.29) is 10.1 Å². The molecule has 3 aromatic rings. The summed E-state index contributed by atoms with van der Waals surface area (Å²) in [5, 5.41) is 4.51. The highest BCUT2D eigenvalue weighted by Crippen LogP contribution is 2.27. The van der Waals surface area contributed by atoms with Gasteiger partial charge < -0.3 is 14.8 Å². The Morgan fingerprint density at radius 2 is 1.90 bits per heavy atom. The number of hydrogen-bond acceptors (Lipinski definition) is 6. The zero-order chi connectivity index (χ0) is 21.6. The number of sulfonamides is 1. The third-order valence-corrected chi connectivity index (χ3v) is 6.85. The number of nitrogens with one attached hydrogen (secondary N) is 2. The minimum absolute atomic E-state index is 0.204. The lowest BCUT2D eigenvalue weighted by Gasteiger charge is -2.14. The Balaban J connectivity index is 1.76. The van der Waals surface area contributed by atoms with Gasteiger partial charge in [0.25, 0.3) is 15.9 Å². The molecule has 2 aromatic carbocycles. The predicted octanol–water partition coefficient (Wildman–Crippen LogP) is 4.13. The summed E-state index contributed by atoms with van der Waals surface area (Å²) in [4.78, 5) is 12.8. The Hall–Kier alpha value is -2.88. The summed E-state index contributed by atoms with van der Waals surface area (Å²) in [6, 6.07) is 14.9. The Morgan fingerprint density at radius 1 is 1.07 bits per heavy atom. The molecule has 0 aliphatic heterocycles. The number of aryl methyl sites for hydroxylation is 1. The van der Waals surface area contributed by atoms with Gasteiger partial charge in [0, 0.05) is 18.4 Å². The van der Waals surface area contributed by atoms with Crippen LogP contribution in [0.5, 0.6) is 5.75 Å². The molecule has 1 amide bonds. The molecule has 0 saturated carbocycles. The number of anilines is 2. The van der Waals surface area contributed by atoms with E-state index in [1.807, 2.05) is 19.1 Å². The smallest absolute Gasteiger partial charge is 0.271 e. The van der Waals surface area contributed by atoms with Gasteiger partial charge in [-0.15, -0.1) is 11.3 Å². The monoisotopic (exact) mass is 446 g/mol. The Labute approximate surface area is 179 Å². The van der Waals surface area contributed by atoms with Gasteiger partial charge in [-0.25, -0.2) is 8.42 Å². The first kappa shape index (κ1) is 21.8. The number of thiophene rings is 1. The molecule has 1 aromatic heterocycles. The second-order valence-electron chi connectivity index (χ2n) is 6.41. The van der Waals surface area contributed by atoms with Crippen LogP contribution in [0.1, 0.15) is 15.9 Å². The predicted molar refractivity (Wildman–Crippen MR) is 118 cm³/mol. The number of ether oxygens (including phenoxy) is 2. The van der Waals surface area contributed by atoms with Crippen molar-refractivity contribution in [3.8, 4) is 5.75 Å². The van der Waals surface area contributed by atoms with Gasteiger partial charge >= 0.3 is 0 Å². The molecule has 158 valence electrons. The maximum absolute atomic E-state index is 12.8. The highest BCUT2D eigenvalue weighted by Gasteiger charge is 2.16. The molecule has 0 bridgehead atoms. The van der Waals surface area contributed by atoms with E-state index in [1.54, 1.807) is 42.8 Å². The molecule has 2 N–H and O–H groups in total. The number of carbonyl (C=O) groups is 1. The van der Waals surface area contributed by atoms with Crippen LogP contribution in [0.4, 0.5) is 11.4 Å². The third-order valence-electron chi connectivity index (χ3n) is 4.07. The quantitative estimate of drug-likeness (QED) is 0.482. The summed E-state index contributed by atoms with van der Waals surface area (Å²) in [6.45, 7) is 2.70. The highest BCUT2D eigenvalue weighted by atomic mass is 32.2. The van der Waals surface area contributed by atoms with Crippen molar-refractivity contribution in [1.82, 2.24) is 0 Å². The summed E-state index contributed by atoms with van der Waals surface area (Å²) in [6.07, 6.45) is 0. The van der Waals surface area contributed by atoms with E-state index < -0.39 is 10.0 Å². The van der Waals surface area contributed by atoms with Crippen molar-refractivity contribution in [2.75, 3.05) is 30.4 Å². The van der Waals surface area contributed by atoms with E-state index in [0.29, 0.717) is 35.9 Å². The average Bonchev–Trinajstić information content (AvgIpc) is 3.26. The minimum atomic E-state index is -3.69. The van der Waals surface area contributed by atoms with E-state index in [1.165, 1.54) is 12.1 Å². The zero-order valence-electron chi connectivity index (χ0n) is 16.5. The van der Waals surface area contributed by atoms with Gasteiger partial charge in [0.2, 0.25) is 0 Å². The number of carbonyl (C=O) groups excluding carboxylic acids is 1. The topological polar surface area (TPSA) is 93.7 Å². The van der Waals surface area contributed by atoms with Crippen LogP contribution in [0.2, 0.25) is 0 Å². The molecule has 0 saturated heterocycles. The fraction of sp³-hybridized carbons (Fsp3) is 0.190. The largest absolute Gasteiger partial charge is 0.489 e. The molecule has 0 fully saturated rings. The van der Waals surface area contributed by atoms with Crippen LogP contribution in [-0.2, 0) is 14.8 Å². The molecule has 7 nitrogen and oxygen atoms in total. The number of benzene rings is 2. The van der Waals surface area contributed by atoms with Crippen LogP contribution in [0, 0.1) is 6.92 Å². The maximum atomic E-state index is 12.8. The molecule has 0 spiro atoms. The first-order valence-corrected chi connectivity index (χ1v) is 11.5. The third kappa shape index (κ3) is 5.59. The lowest BCUT2D eigenvalue weighted by Crippen LogP contribution is -2.15. The van der Waals surface area contributed by atoms with Crippen LogP contribution in [0.15, 0.2) is 64.2 Å². The van der Waals surface area contributed by atoms with Crippen molar-refractivity contribution < 1.29 is 22.7 Å². The van der Waals surface area contributed by atoms with E-state index in [9.17, 15) is 13.2 Å². The summed E-state index contributed by atoms with van der Waals surface area (Å²) < 4.78 is 38.2. The lowest BCUT2D eigenvalue weighted by molar-refractivity contribution is 0.102. The van der Waals surface area contributed by atoms with Gasteiger partial charge in [0.05, 0.1) is 12.3 Å². The summed E-state index contributed by atoms with van der Waals surface area (Å²) >= 11 is 1.12. The van der Waals surface area contributed by atoms with Crippen LogP contribution in [0.3, 0.4) is 0 Å². The average molecular weight is 447 g/mol. The van der Waals surface area contributed by atoms with Crippen molar-refractivity contribution in [2.24, 2.45) is 0 Å². The standard InChI is InChI=1S/C21H22N2O5S2/c1-15-8-9-18(19(13-15)28-11-10-27-2)22-21(24)16-5-3-6-17(14-16)23-30(25,26)20-7-4-12-29-20/h3-9,12-14,23H,10-11H2,1-2H3,(H,22,24). The molecule has 0 aliphatic rings. The molecular formula is C21H22N2O5S2. The van der Waals surface area contributed by atoms with Crippen molar-refractivity contribution in [3.05, 3.63) is 71.1 Å². The first-order chi connectivity index (χ1) is 14.4. The number of rotatable bonds is 9. The number of methoxy groups -OCH3 is 1. The second kappa shape index (κ2) is 9.75. The SMILES string of the molecule is COCCOc1cc(C)ccc1NC(=O)c1cccc(NS(=O)(=O)c2cccs2)c1. The van der Waals surface area contributed by atoms with Gasteiger partial charge in [0.1, 0.15) is 16.6 Å². The molecular weight excluding hydrogens is 424 g/mol. The van der Waals surface area contributed by atoms with Crippen molar-refractivity contribution in [1.29, 1.82) is 0 Å². The van der Waals surface area contributed by atoms with Crippen LogP contribution < -0.4 is 14.8 Å². The van der Waals surface area contributed by atoms with E-state index >= 15 is 0 Å². The van der Waals surface area contributed by atoms with Crippen LogP contribution in [0.25, 0.3) is 0 Å². The van der Waals surface area contributed by atoms with Gasteiger partial charge in [-0.05, 0) is 54.3 Å². The molecule has 3 rings (SSSR count). The molecule has 1 heterocycles. The lowest BCUT2D eigenvalue weighted by atomic mass is 10.1. The molecule has 0 atom stereocenters. The Kier molecular flexibility index (Phi) is 7.09. The molecule has 0 radical (unpaired) electrons. The van der Waals surface area contributed by atoms with E-state index in [2.05, 4.69) is 10.0 Å². The molecule has 0 aliphatic carbocycles. The Bertz CT molecular complexity index is 1110. The van der Waals surface area contributed by atoms with E-state index in [0.717, 1.165) is 16.9 Å². The normalized spacial score (nSPS) is 11.1. The molecule has 0 unspecified atom stereocenters.